The van der Waals surface area contributed by atoms with Crippen molar-refractivity contribution < 1.29 is 23.8 Å². The Morgan fingerprint density at radius 3 is 2.07 bits per heavy atom. The van der Waals surface area contributed by atoms with Crippen LogP contribution in [0.3, 0.4) is 0 Å². The summed E-state index contributed by atoms with van der Waals surface area (Å²) in [5.41, 5.74) is 4.92. The third-order valence-corrected chi connectivity index (χ3v) is 5.29. The highest BCUT2D eigenvalue weighted by molar-refractivity contribution is 5.79. The van der Waals surface area contributed by atoms with Crippen molar-refractivity contribution in [1.82, 2.24) is 5.32 Å². The second kappa shape index (κ2) is 8.37. The number of fused-ring (bicyclic) bond motifs is 3. The van der Waals surface area contributed by atoms with Gasteiger partial charge in [-0.2, -0.15) is 0 Å². The van der Waals surface area contributed by atoms with E-state index in [1.165, 1.54) is 24.3 Å². The van der Waals surface area contributed by atoms with E-state index in [0.717, 1.165) is 22.3 Å². The van der Waals surface area contributed by atoms with Gasteiger partial charge >= 0.3 is 12.1 Å². The number of carboxylic acid groups (broad SMARTS) is 1. The summed E-state index contributed by atoms with van der Waals surface area (Å²) in [6.45, 7) is 0.128. The number of carboxylic acids is 1. The maximum absolute atomic E-state index is 13.2. The van der Waals surface area contributed by atoms with Crippen molar-refractivity contribution in [2.24, 2.45) is 0 Å². The van der Waals surface area contributed by atoms with Gasteiger partial charge < -0.3 is 15.2 Å². The summed E-state index contributed by atoms with van der Waals surface area (Å²) in [5, 5.41) is 11.8. The molecule has 0 radical (unpaired) electrons. The Balaban J connectivity index is 1.47. The first-order chi connectivity index (χ1) is 14.5. The molecule has 6 heteroatoms. The van der Waals surface area contributed by atoms with Crippen molar-refractivity contribution in [3.05, 3.63) is 95.3 Å². The van der Waals surface area contributed by atoms with E-state index >= 15 is 0 Å². The largest absolute Gasteiger partial charge is 0.481 e. The molecule has 0 fully saturated rings. The molecule has 152 valence electrons. The zero-order valence-corrected chi connectivity index (χ0v) is 16.0. The fraction of sp³-hybridized carbons (Fsp3) is 0.167. The van der Waals surface area contributed by atoms with Gasteiger partial charge in [0.05, 0.1) is 12.5 Å². The first-order valence-corrected chi connectivity index (χ1v) is 9.61. The smallest absolute Gasteiger partial charge is 0.407 e. The highest BCUT2D eigenvalue weighted by atomic mass is 19.1. The van der Waals surface area contributed by atoms with Crippen LogP contribution >= 0.6 is 0 Å². The SMILES string of the molecule is O=C(O)C[C@@H](NC(=O)OCC1c2ccccc2-c2ccccc21)c1ccc(F)cc1. The Labute approximate surface area is 173 Å². The van der Waals surface area contributed by atoms with Gasteiger partial charge in [0.25, 0.3) is 0 Å². The van der Waals surface area contributed by atoms with Crippen molar-refractivity contribution in [3.8, 4) is 11.1 Å². The van der Waals surface area contributed by atoms with Gasteiger partial charge in [-0.3, -0.25) is 4.79 Å². The van der Waals surface area contributed by atoms with E-state index in [1.54, 1.807) is 0 Å². The third-order valence-electron chi connectivity index (χ3n) is 5.29. The number of benzene rings is 3. The summed E-state index contributed by atoms with van der Waals surface area (Å²) in [7, 11) is 0. The number of amides is 1. The molecule has 0 unspecified atom stereocenters. The van der Waals surface area contributed by atoms with Crippen molar-refractivity contribution in [1.29, 1.82) is 0 Å². The first-order valence-electron chi connectivity index (χ1n) is 9.61. The van der Waals surface area contributed by atoms with Gasteiger partial charge in [-0.25, -0.2) is 9.18 Å². The Morgan fingerprint density at radius 2 is 1.50 bits per heavy atom. The summed E-state index contributed by atoms with van der Waals surface area (Å²) >= 11 is 0. The van der Waals surface area contributed by atoms with Crippen LogP contribution in [0.4, 0.5) is 9.18 Å². The van der Waals surface area contributed by atoms with E-state index in [-0.39, 0.29) is 18.9 Å². The van der Waals surface area contributed by atoms with Gasteiger partial charge in [0, 0.05) is 5.92 Å². The van der Waals surface area contributed by atoms with Crippen LogP contribution in [0.25, 0.3) is 11.1 Å². The summed E-state index contributed by atoms with van der Waals surface area (Å²) in [4.78, 5) is 23.7. The van der Waals surface area contributed by atoms with E-state index in [1.807, 2.05) is 48.5 Å². The monoisotopic (exact) mass is 405 g/mol. The van der Waals surface area contributed by atoms with Crippen molar-refractivity contribution in [2.75, 3.05) is 6.61 Å². The topological polar surface area (TPSA) is 75.6 Å². The molecule has 0 bridgehead atoms. The lowest BCUT2D eigenvalue weighted by Gasteiger charge is -2.19. The lowest BCUT2D eigenvalue weighted by atomic mass is 9.98. The quantitative estimate of drug-likeness (QED) is 0.613. The summed E-state index contributed by atoms with van der Waals surface area (Å²) in [6, 6.07) is 20.5. The van der Waals surface area contributed by atoms with Crippen LogP contribution in [0.5, 0.6) is 0 Å². The van der Waals surface area contributed by atoms with Crippen LogP contribution in [-0.4, -0.2) is 23.8 Å². The minimum absolute atomic E-state index is 0.0908. The lowest BCUT2D eigenvalue weighted by Crippen LogP contribution is -2.31. The number of rotatable bonds is 6. The molecule has 1 atom stereocenters. The Bertz CT molecular complexity index is 1040. The zero-order valence-electron chi connectivity index (χ0n) is 16.0. The first kappa shape index (κ1) is 19.6. The molecule has 0 heterocycles. The molecule has 30 heavy (non-hydrogen) atoms. The van der Waals surface area contributed by atoms with Gasteiger partial charge in [-0.1, -0.05) is 60.7 Å². The number of carbonyl (C=O) groups excluding carboxylic acids is 1. The maximum atomic E-state index is 13.2. The highest BCUT2D eigenvalue weighted by Gasteiger charge is 2.29. The van der Waals surface area contributed by atoms with Crippen LogP contribution in [0, 0.1) is 5.82 Å². The molecular weight excluding hydrogens is 385 g/mol. The number of halogens is 1. The van der Waals surface area contributed by atoms with Crippen LogP contribution in [0.15, 0.2) is 72.8 Å². The molecule has 3 aromatic carbocycles. The van der Waals surface area contributed by atoms with Crippen LogP contribution < -0.4 is 5.32 Å². The fourth-order valence-corrected chi connectivity index (χ4v) is 3.90. The van der Waals surface area contributed by atoms with Crippen LogP contribution in [0.1, 0.15) is 35.1 Å². The zero-order chi connectivity index (χ0) is 21.1. The van der Waals surface area contributed by atoms with Gasteiger partial charge in [0.2, 0.25) is 0 Å². The summed E-state index contributed by atoms with van der Waals surface area (Å²) in [6.07, 6.45) is -1.05. The third kappa shape index (κ3) is 4.03. The lowest BCUT2D eigenvalue weighted by molar-refractivity contribution is -0.137. The van der Waals surface area contributed by atoms with E-state index in [9.17, 15) is 14.0 Å². The van der Waals surface area contributed by atoms with Gasteiger partial charge in [-0.05, 0) is 39.9 Å². The predicted molar refractivity (Wildman–Crippen MR) is 110 cm³/mol. The Kier molecular flexibility index (Phi) is 5.48. The highest BCUT2D eigenvalue weighted by Crippen LogP contribution is 2.44. The molecule has 4 rings (SSSR count). The maximum Gasteiger partial charge on any atom is 0.407 e. The summed E-state index contributed by atoms with van der Waals surface area (Å²) in [5.74, 6) is -1.61. The number of alkyl carbamates (subject to hydrolysis) is 1. The molecule has 0 saturated heterocycles. The molecule has 1 aliphatic rings. The number of hydrogen-bond donors (Lipinski definition) is 2. The molecule has 0 spiro atoms. The standard InChI is InChI=1S/C24H20FNO4/c25-16-11-9-15(10-12-16)22(13-23(27)28)26-24(29)30-14-21-19-7-3-1-5-17(19)18-6-2-4-8-20(18)21/h1-12,21-22H,13-14H2,(H,26,29)(H,27,28)/t22-/m1/s1. The number of carbonyl (C=O) groups is 2. The van der Waals surface area contributed by atoms with E-state index < -0.39 is 23.9 Å². The molecule has 2 N–H and O–H groups in total. The number of aliphatic carboxylic acids is 1. The van der Waals surface area contributed by atoms with Crippen molar-refractivity contribution in [3.63, 3.8) is 0 Å². The predicted octanol–water partition coefficient (Wildman–Crippen LogP) is 4.88. The average Bonchev–Trinajstić information content (AvgIpc) is 3.06. The second-order valence-corrected chi connectivity index (χ2v) is 7.17. The van der Waals surface area contributed by atoms with E-state index in [2.05, 4.69) is 5.32 Å². The van der Waals surface area contributed by atoms with Crippen molar-refractivity contribution >= 4 is 12.1 Å². The normalized spacial score (nSPS) is 13.2. The molecular formula is C24H20FNO4. The molecule has 3 aromatic rings. The van der Waals surface area contributed by atoms with Crippen LogP contribution in [-0.2, 0) is 9.53 Å². The molecule has 0 saturated carbocycles. The van der Waals surface area contributed by atoms with Crippen LogP contribution in [0.2, 0.25) is 0 Å². The second-order valence-electron chi connectivity index (χ2n) is 7.17. The minimum Gasteiger partial charge on any atom is -0.481 e. The average molecular weight is 405 g/mol. The minimum atomic E-state index is -1.08. The van der Waals surface area contributed by atoms with Gasteiger partial charge in [0.15, 0.2) is 0 Å². The Hall–Kier alpha value is -3.67. The van der Waals surface area contributed by atoms with E-state index in [4.69, 9.17) is 9.84 Å². The molecule has 0 aromatic heterocycles. The number of hydrogen-bond acceptors (Lipinski definition) is 3. The number of ether oxygens (including phenoxy) is 1. The fourth-order valence-electron chi connectivity index (χ4n) is 3.90. The van der Waals surface area contributed by atoms with Gasteiger partial charge in [0.1, 0.15) is 12.4 Å². The number of nitrogens with one attached hydrogen (secondary N) is 1. The molecule has 1 amide bonds. The van der Waals surface area contributed by atoms with Gasteiger partial charge in [-0.15, -0.1) is 0 Å². The molecule has 1 aliphatic carbocycles. The molecule has 5 nitrogen and oxygen atoms in total. The Morgan fingerprint density at radius 1 is 0.933 bits per heavy atom. The van der Waals surface area contributed by atoms with E-state index in [0.29, 0.717) is 5.56 Å². The molecule has 0 aliphatic heterocycles. The summed E-state index contributed by atoms with van der Waals surface area (Å²) < 4.78 is 18.7. The van der Waals surface area contributed by atoms with Crippen molar-refractivity contribution in [2.45, 2.75) is 18.4 Å².